The number of pyridine rings is 1. The van der Waals surface area contributed by atoms with Crippen molar-refractivity contribution in [2.24, 2.45) is 0 Å². The molecule has 1 radical (unpaired) electrons. The Bertz CT molecular complexity index is 3020. The maximum atomic E-state index is 7.28. The average Bonchev–Trinajstić information content (AvgIpc) is 4.06. The van der Waals surface area contributed by atoms with E-state index in [2.05, 4.69) is 160 Å². The predicted molar refractivity (Wildman–Crippen MR) is 238 cm³/mol. The largest absolute Gasteiger partial charge is 0.332 e. The average molecular weight is 954 g/mol. The summed E-state index contributed by atoms with van der Waals surface area (Å²) < 4.78 is 47.2. The molecule has 0 amide bonds. The van der Waals surface area contributed by atoms with Crippen molar-refractivity contribution in [3.05, 3.63) is 197 Å². The number of rotatable bonds is 6. The first kappa shape index (κ1) is 31.3. The van der Waals surface area contributed by atoms with Gasteiger partial charge in [-0.05, 0) is 93.9 Å². The number of para-hydroxylation sites is 2. The van der Waals surface area contributed by atoms with Crippen LogP contribution in [0.5, 0.6) is 0 Å². The van der Waals surface area contributed by atoms with Gasteiger partial charge in [-0.25, -0.2) is 0 Å². The molecule has 0 aliphatic rings. The topological polar surface area (TPSA) is 30.7 Å². The second-order valence-electron chi connectivity index (χ2n) is 13.4. The van der Waals surface area contributed by atoms with Gasteiger partial charge in [0, 0.05) is 45.7 Å². The third kappa shape index (κ3) is 7.83. The molecule has 0 unspecified atom stereocenters. The van der Waals surface area contributed by atoms with E-state index in [1.54, 1.807) is 34.8 Å². The van der Waals surface area contributed by atoms with E-state index in [0.717, 1.165) is 28.1 Å². The summed E-state index contributed by atoms with van der Waals surface area (Å²) in [7, 11) is 0. The number of aryl methyl sites for hydroxylation is 3. The Balaban J connectivity index is 0.000000219. The van der Waals surface area contributed by atoms with Crippen molar-refractivity contribution in [3.63, 3.8) is 0 Å². The van der Waals surface area contributed by atoms with Gasteiger partial charge < -0.3 is 9.55 Å². The quantitative estimate of drug-likeness (QED) is 0.156. The van der Waals surface area contributed by atoms with Gasteiger partial charge in [-0.1, -0.05) is 126 Å². The number of hydrogen-bond acceptors (Lipinski definition) is 4. The Labute approximate surface area is 363 Å². The van der Waals surface area contributed by atoms with E-state index < -0.39 is 13.7 Å². The summed E-state index contributed by atoms with van der Waals surface area (Å²) >= 11 is 3.38. The molecular formula is C51H37IrN3S2-2. The van der Waals surface area contributed by atoms with Gasteiger partial charge in [0.05, 0.1) is 22.5 Å². The van der Waals surface area contributed by atoms with E-state index in [1.165, 1.54) is 73.4 Å². The van der Waals surface area contributed by atoms with Gasteiger partial charge in [-0.3, -0.25) is 16.3 Å². The van der Waals surface area contributed by atoms with Crippen molar-refractivity contribution in [3.8, 4) is 61.7 Å². The van der Waals surface area contributed by atoms with Crippen molar-refractivity contribution in [2.45, 2.75) is 20.6 Å². The minimum atomic E-state index is -2.18. The summed E-state index contributed by atoms with van der Waals surface area (Å²) in [6.45, 7) is -2.16. The molecule has 6 heteroatoms. The van der Waals surface area contributed by atoms with Crippen LogP contribution in [0.25, 0.3) is 82.8 Å². The molecule has 279 valence electrons. The SMILES string of the molecule is Cc1cc(-c2ccccc2)c(-n2c(-c3[c-]sc4ccc(-c5ccsc5)cc34)nc3ccccc32)c(-c2ccccc2)c1.[2H]C([2H])([2H])c1c[c-]c(-c2ccc(C([2H])([2H])[2H])cn2)cc1.[Ir]. The molecule has 3 nitrogen and oxygen atoms in total. The van der Waals surface area contributed by atoms with Crippen LogP contribution in [0.1, 0.15) is 24.9 Å². The number of hydrogen-bond donors (Lipinski definition) is 0. The van der Waals surface area contributed by atoms with Crippen LogP contribution in [-0.4, -0.2) is 14.5 Å². The fraction of sp³-hybridized carbons (Fsp3) is 0.0588. The normalized spacial score (nSPS) is 12.9. The molecule has 0 spiro atoms. The number of aromatic nitrogens is 3. The van der Waals surface area contributed by atoms with Crippen LogP contribution in [0, 0.1) is 32.1 Å². The Kier molecular flexibility index (Phi) is 9.22. The molecule has 4 aromatic heterocycles. The molecule has 0 aliphatic heterocycles. The van der Waals surface area contributed by atoms with Crippen LogP contribution < -0.4 is 0 Å². The number of imidazole rings is 1. The Morgan fingerprint density at radius 1 is 0.667 bits per heavy atom. The molecule has 0 fully saturated rings. The fourth-order valence-electron chi connectivity index (χ4n) is 7.00. The summed E-state index contributed by atoms with van der Waals surface area (Å²) in [4.78, 5) is 9.38. The number of fused-ring (bicyclic) bond motifs is 2. The van der Waals surface area contributed by atoms with Gasteiger partial charge in [0.2, 0.25) is 0 Å². The smallest absolute Gasteiger partial charge is 0.0774 e. The monoisotopic (exact) mass is 954 g/mol. The third-order valence-corrected chi connectivity index (χ3v) is 11.2. The Morgan fingerprint density at radius 3 is 2.04 bits per heavy atom. The third-order valence-electron chi connectivity index (χ3n) is 9.65. The van der Waals surface area contributed by atoms with Crippen molar-refractivity contribution in [2.75, 3.05) is 0 Å². The van der Waals surface area contributed by atoms with E-state index in [0.29, 0.717) is 11.3 Å². The predicted octanol–water partition coefficient (Wildman–Crippen LogP) is 14.2. The van der Waals surface area contributed by atoms with E-state index in [1.807, 2.05) is 0 Å². The number of nitrogens with zero attached hydrogens (tertiary/aromatic N) is 3. The second kappa shape index (κ2) is 16.8. The van der Waals surface area contributed by atoms with Crippen molar-refractivity contribution < 1.29 is 28.3 Å². The standard InChI is InChI=1S/C38H25N2S2.C13H12N.Ir/c1-25-20-30(26-10-4-2-5-11-26)37(31(21-25)27-12-6-3-7-13-27)40-35-15-9-8-14-34(35)39-38(40)33-24-42-36-17-16-28(22-32(33)36)29-18-19-41-23-29;1-10-3-6-12(7-4-10)13-8-5-11(2)9-14-13;/h2-23H,1H3;3-6,8-9H,1-2H3;/q2*-1;/i;1D3,2D3;. The van der Waals surface area contributed by atoms with Crippen LogP contribution in [0.3, 0.4) is 0 Å². The molecule has 57 heavy (non-hydrogen) atoms. The molecule has 0 N–H and O–H groups in total. The maximum Gasteiger partial charge on any atom is 0.0774 e. The first-order valence-electron chi connectivity index (χ1n) is 21.1. The van der Waals surface area contributed by atoms with Crippen LogP contribution >= 0.6 is 22.7 Å². The molecule has 0 saturated heterocycles. The molecule has 0 saturated carbocycles. The minimum absolute atomic E-state index is 0. The molecular weight excluding hydrogens is 911 g/mol. The Morgan fingerprint density at radius 2 is 1.39 bits per heavy atom. The van der Waals surface area contributed by atoms with E-state index in [-0.39, 0.29) is 31.2 Å². The van der Waals surface area contributed by atoms with Gasteiger partial charge >= 0.3 is 0 Å². The van der Waals surface area contributed by atoms with Crippen LogP contribution in [0.15, 0.2) is 169 Å². The van der Waals surface area contributed by atoms with E-state index >= 15 is 0 Å². The zero-order chi connectivity index (χ0) is 43.0. The van der Waals surface area contributed by atoms with E-state index in [9.17, 15) is 0 Å². The van der Waals surface area contributed by atoms with Crippen molar-refractivity contribution >= 4 is 43.8 Å². The second-order valence-corrected chi connectivity index (χ2v) is 15.1. The Hall–Kier alpha value is -5.75. The van der Waals surface area contributed by atoms with Crippen LogP contribution in [0.2, 0.25) is 0 Å². The number of benzene rings is 6. The summed E-state index contributed by atoms with van der Waals surface area (Å²) in [5.41, 5.74) is 14.1. The van der Waals surface area contributed by atoms with Crippen molar-refractivity contribution in [1.29, 1.82) is 0 Å². The van der Waals surface area contributed by atoms with Gasteiger partial charge in [-0.15, -0.1) is 40.8 Å². The van der Waals surface area contributed by atoms with Crippen LogP contribution in [0.4, 0.5) is 0 Å². The van der Waals surface area contributed by atoms with Crippen molar-refractivity contribution in [1.82, 2.24) is 14.5 Å². The van der Waals surface area contributed by atoms with Gasteiger partial charge in [0.15, 0.2) is 0 Å². The molecule has 10 aromatic rings. The summed E-state index contributed by atoms with van der Waals surface area (Å²) in [6.07, 6.45) is 1.30. The van der Waals surface area contributed by atoms with Crippen LogP contribution in [-0.2, 0) is 20.1 Å². The summed E-state index contributed by atoms with van der Waals surface area (Å²) in [6, 6.07) is 53.8. The molecule has 4 heterocycles. The van der Waals surface area contributed by atoms with Gasteiger partial charge in [0.1, 0.15) is 0 Å². The summed E-state index contributed by atoms with van der Waals surface area (Å²) in [5, 5.41) is 9.18. The molecule has 0 bridgehead atoms. The molecule has 0 aliphatic carbocycles. The first-order chi connectivity index (χ1) is 29.9. The number of thiophene rings is 2. The van der Waals surface area contributed by atoms with E-state index in [4.69, 9.17) is 13.2 Å². The molecule has 10 rings (SSSR count). The fourth-order valence-corrected chi connectivity index (χ4v) is 8.49. The maximum absolute atomic E-state index is 7.28. The summed E-state index contributed by atoms with van der Waals surface area (Å²) in [5.74, 6) is 0.906. The van der Waals surface area contributed by atoms with Gasteiger partial charge in [-0.2, -0.15) is 11.3 Å². The first-order valence-corrected chi connectivity index (χ1v) is 19.9. The zero-order valence-electron chi connectivity index (χ0n) is 36.7. The molecule has 0 atom stereocenters. The molecule has 6 aromatic carbocycles. The zero-order valence-corrected chi connectivity index (χ0v) is 34.7. The minimum Gasteiger partial charge on any atom is -0.332 e. The van der Waals surface area contributed by atoms with Gasteiger partial charge in [0.25, 0.3) is 0 Å².